The topological polar surface area (TPSA) is 79.0 Å². The molecule has 0 atom stereocenters. The van der Waals surface area contributed by atoms with Crippen LogP contribution in [0.25, 0.3) is 0 Å². The molecule has 3 rings (SSSR count). The summed E-state index contributed by atoms with van der Waals surface area (Å²) in [5.41, 5.74) is 0. The smallest absolute Gasteiger partial charge is 0.240 e. The zero-order chi connectivity index (χ0) is 20.9. The van der Waals surface area contributed by atoms with E-state index in [0.29, 0.717) is 18.6 Å². The summed E-state index contributed by atoms with van der Waals surface area (Å²) in [4.78, 5) is 15.9. The van der Waals surface area contributed by atoms with Crippen molar-refractivity contribution < 1.29 is 22.3 Å². The van der Waals surface area contributed by atoms with E-state index >= 15 is 0 Å². The third-order valence-electron chi connectivity index (χ3n) is 5.82. The van der Waals surface area contributed by atoms with Crippen LogP contribution in [-0.4, -0.2) is 75.6 Å². The van der Waals surface area contributed by atoms with Gasteiger partial charge in [0.15, 0.2) is 0 Å². The SMILES string of the molecule is CC(=O)N1CCC(N(CCNS(=O)(=O)c2ccc(F)cc2)C2CCOCC2)CC1. The van der Waals surface area contributed by atoms with Crippen molar-refractivity contribution in [3.63, 3.8) is 0 Å². The number of sulfonamides is 1. The predicted octanol–water partition coefficient (Wildman–Crippen LogP) is 1.60. The van der Waals surface area contributed by atoms with Crippen LogP contribution in [0.1, 0.15) is 32.6 Å². The van der Waals surface area contributed by atoms with E-state index in [4.69, 9.17) is 4.74 Å². The third kappa shape index (κ3) is 5.97. The summed E-state index contributed by atoms with van der Waals surface area (Å²) in [5, 5.41) is 0. The summed E-state index contributed by atoms with van der Waals surface area (Å²) in [5.74, 6) is -0.361. The fraction of sp³-hybridized carbons (Fsp3) is 0.650. The Morgan fingerprint density at radius 3 is 2.31 bits per heavy atom. The van der Waals surface area contributed by atoms with Gasteiger partial charge in [-0.3, -0.25) is 9.69 Å². The third-order valence-corrected chi connectivity index (χ3v) is 7.30. The number of halogens is 1. The number of piperidine rings is 1. The zero-order valence-electron chi connectivity index (χ0n) is 16.8. The number of hydrogen-bond acceptors (Lipinski definition) is 5. The highest BCUT2D eigenvalue weighted by atomic mass is 32.2. The van der Waals surface area contributed by atoms with Gasteiger partial charge in [0.1, 0.15) is 5.82 Å². The van der Waals surface area contributed by atoms with Crippen molar-refractivity contribution in [3.8, 4) is 0 Å². The van der Waals surface area contributed by atoms with E-state index in [1.807, 2.05) is 4.90 Å². The van der Waals surface area contributed by atoms with Crippen LogP contribution < -0.4 is 4.72 Å². The van der Waals surface area contributed by atoms with Crippen molar-refractivity contribution in [1.82, 2.24) is 14.5 Å². The molecule has 0 bridgehead atoms. The fourth-order valence-corrected chi connectivity index (χ4v) is 5.22. The summed E-state index contributed by atoms with van der Waals surface area (Å²) < 4.78 is 46.2. The van der Waals surface area contributed by atoms with E-state index < -0.39 is 15.8 Å². The molecule has 2 aliphatic heterocycles. The van der Waals surface area contributed by atoms with Gasteiger partial charge in [0, 0.05) is 58.4 Å². The number of hydrogen-bond donors (Lipinski definition) is 1. The number of benzene rings is 1. The van der Waals surface area contributed by atoms with E-state index in [-0.39, 0.29) is 17.3 Å². The second kappa shape index (κ2) is 9.97. The molecule has 0 saturated carbocycles. The average molecular weight is 428 g/mol. The van der Waals surface area contributed by atoms with Gasteiger partial charge in [-0.25, -0.2) is 17.5 Å². The van der Waals surface area contributed by atoms with Gasteiger partial charge in [-0.15, -0.1) is 0 Å². The second-order valence-electron chi connectivity index (χ2n) is 7.67. The standard InChI is InChI=1S/C20H30FN3O4S/c1-16(25)23-11-6-18(7-12-23)24(19-8-14-28-15-9-19)13-10-22-29(26,27)20-4-2-17(21)3-5-20/h2-5,18-19,22H,6-15H2,1H3. The van der Waals surface area contributed by atoms with Gasteiger partial charge in [0.2, 0.25) is 15.9 Å². The van der Waals surface area contributed by atoms with E-state index in [1.165, 1.54) is 12.1 Å². The molecule has 0 aliphatic carbocycles. The van der Waals surface area contributed by atoms with Crippen molar-refractivity contribution in [1.29, 1.82) is 0 Å². The first kappa shape index (κ1) is 22.1. The van der Waals surface area contributed by atoms with Crippen molar-refractivity contribution in [3.05, 3.63) is 30.1 Å². The van der Waals surface area contributed by atoms with E-state index in [0.717, 1.165) is 64.1 Å². The van der Waals surface area contributed by atoms with Gasteiger partial charge in [0.05, 0.1) is 4.90 Å². The minimum absolute atomic E-state index is 0.0614. The Labute approximate surface area is 172 Å². The molecule has 9 heteroatoms. The van der Waals surface area contributed by atoms with Gasteiger partial charge >= 0.3 is 0 Å². The molecule has 1 amide bonds. The number of amides is 1. The van der Waals surface area contributed by atoms with Crippen molar-refractivity contribution in [2.75, 3.05) is 39.4 Å². The molecule has 0 aromatic heterocycles. The molecule has 2 aliphatic rings. The summed E-state index contributed by atoms with van der Waals surface area (Å²) in [7, 11) is -3.68. The summed E-state index contributed by atoms with van der Waals surface area (Å²) in [6.45, 7) is 5.38. The molecule has 2 saturated heterocycles. The van der Waals surface area contributed by atoms with Gasteiger partial charge in [-0.2, -0.15) is 0 Å². The largest absolute Gasteiger partial charge is 0.381 e. The molecule has 162 valence electrons. The first-order chi connectivity index (χ1) is 13.9. The molecule has 1 aromatic carbocycles. The number of likely N-dealkylation sites (tertiary alicyclic amines) is 1. The molecule has 1 aromatic rings. The lowest BCUT2D eigenvalue weighted by molar-refractivity contribution is -0.130. The number of carbonyl (C=O) groups is 1. The average Bonchev–Trinajstić information content (AvgIpc) is 2.72. The van der Waals surface area contributed by atoms with Crippen molar-refractivity contribution in [2.24, 2.45) is 0 Å². The molecule has 0 unspecified atom stereocenters. The first-order valence-corrected chi connectivity index (χ1v) is 11.7. The zero-order valence-corrected chi connectivity index (χ0v) is 17.7. The fourth-order valence-electron chi connectivity index (χ4n) is 4.20. The van der Waals surface area contributed by atoms with Gasteiger partial charge in [-0.05, 0) is 49.9 Å². The van der Waals surface area contributed by atoms with Crippen molar-refractivity contribution >= 4 is 15.9 Å². The molecule has 0 radical (unpaired) electrons. The second-order valence-corrected chi connectivity index (χ2v) is 9.44. The maximum absolute atomic E-state index is 13.1. The predicted molar refractivity (Wildman–Crippen MR) is 107 cm³/mol. The highest BCUT2D eigenvalue weighted by molar-refractivity contribution is 7.89. The molecule has 29 heavy (non-hydrogen) atoms. The molecule has 7 nitrogen and oxygen atoms in total. The molecule has 0 spiro atoms. The summed E-state index contributed by atoms with van der Waals surface area (Å²) >= 11 is 0. The highest BCUT2D eigenvalue weighted by Crippen LogP contribution is 2.23. The molecule has 2 heterocycles. The van der Waals surface area contributed by atoms with Crippen LogP contribution in [0.2, 0.25) is 0 Å². The Kier molecular flexibility index (Phi) is 7.61. The summed E-state index contributed by atoms with van der Waals surface area (Å²) in [6, 6.07) is 5.51. The highest BCUT2D eigenvalue weighted by Gasteiger charge is 2.31. The molecular formula is C20H30FN3O4S. The Morgan fingerprint density at radius 2 is 1.72 bits per heavy atom. The minimum atomic E-state index is -3.68. The number of carbonyl (C=O) groups excluding carboxylic acids is 1. The van der Waals surface area contributed by atoms with Crippen LogP contribution in [0.5, 0.6) is 0 Å². The lowest BCUT2D eigenvalue weighted by Crippen LogP contribution is -2.53. The minimum Gasteiger partial charge on any atom is -0.381 e. The van der Waals surface area contributed by atoms with Gasteiger partial charge < -0.3 is 9.64 Å². The Morgan fingerprint density at radius 1 is 1.14 bits per heavy atom. The lowest BCUT2D eigenvalue weighted by atomic mass is 9.98. The number of nitrogens with zero attached hydrogens (tertiary/aromatic N) is 2. The van der Waals surface area contributed by atoms with Crippen molar-refractivity contribution in [2.45, 2.75) is 49.6 Å². The van der Waals surface area contributed by atoms with Crippen LogP contribution >= 0.6 is 0 Å². The maximum Gasteiger partial charge on any atom is 0.240 e. The van der Waals surface area contributed by atoms with Crippen LogP contribution in [-0.2, 0) is 19.6 Å². The maximum atomic E-state index is 13.1. The number of rotatable bonds is 7. The van der Waals surface area contributed by atoms with Crippen LogP contribution in [0, 0.1) is 5.82 Å². The Bertz CT molecular complexity index is 773. The Balaban J connectivity index is 1.61. The van der Waals surface area contributed by atoms with Gasteiger partial charge in [-0.1, -0.05) is 0 Å². The summed E-state index contributed by atoms with van der Waals surface area (Å²) in [6.07, 6.45) is 3.64. The van der Waals surface area contributed by atoms with Gasteiger partial charge in [0.25, 0.3) is 0 Å². The van der Waals surface area contributed by atoms with Crippen LogP contribution in [0.3, 0.4) is 0 Å². The molecule has 1 N–H and O–H groups in total. The number of ether oxygens (including phenoxy) is 1. The van der Waals surface area contributed by atoms with Crippen LogP contribution in [0.15, 0.2) is 29.2 Å². The molecule has 2 fully saturated rings. The first-order valence-electron chi connectivity index (χ1n) is 10.2. The van der Waals surface area contributed by atoms with E-state index in [9.17, 15) is 17.6 Å². The Hall–Kier alpha value is -1.55. The number of nitrogens with one attached hydrogen (secondary N) is 1. The molecular weight excluding hydrogens is 397 g/mol. The normalized spacial score (nSPS) is 19.6. The lowest BCUT2D eigenvalue weighted by Gasteiger charge is -2.43. The van der Waals surface area contributed by atoms with E-state index in [2.05, 4.69) is 9.62 Å². The quantitative estimate of drug-likeness (QED) is 0.715. The monoisotopic (exact) mass is 427 g/mol. The van der Waals surface area contributed by atoms with Crippen LogP contribution in [0.4, 0.5) is 4.39 Å². The van der Waals surface area contributed by atoms with E-state index in [1.54, 1.807) is 6.92 Å².